The van der Waals surface area contributed by atoms with E-state index >= 15 is 0 Å². The Kier molecular flexibility index (Phi) is 3.50. The summed E-state index contributed by atoms with van der Waals surface area (Å²) in [5, 5.41) is 5.21. The first-order chi connectivity index (χ1) is 11.3. The van der Waals surface area contributed by atoms with Gasteiger partial charge in [-0.25, -0.2) is 0 Å². The van der Waals surface area contributed by atoms with Crippen molar-refractivity contribution in [3.05, 3.63) is 66.1 Å². The molecule has 1 aromatic heterocycles. The van der Waals surface area contributed by atoms with Gasteiger partial charge in [-0.1, -0.05) is 30.3 Å². The van der Waals surface area contributed by atoms with E-state index in [0.717, 1.165) is 24.0 Å². The van der Waals surface area contributed by atoms with Gasteiger partial charge in [0.1, 0.15) is 18.1 Å². The van der Waals surface area contributed by atoms with Crippen molar-refractivity contribution in [3.8, 4) is 5.75 Å². The van der Waals surface area contributed by atoms with Gasteiger partial charge in [0.2, 0.25) is 0 Å². The zero-order valence-corrected chi connectivity index (χ0v) is 12.6. The summed E-state index contributed by atoms with van der Waals surface area (Å²) in [4.78, 5) is 11.9. The van der Waals surface area contributed by atoms with Crippen LogP contribution in [0.15, 0.2) is 59.0 Å². The highest BCUT2D eigenvalue weighted by atomic mass is 16.5. The van der Waals surface area contributed by atoms with Crippen molar-refractivity contribution in [1.29, 1.82) is 0 Å². The Morgan fingerprint density at radius 2 is 1.91 bits per heavy atom. The molecule has 1 N–H and O–H groups in total. The van der Waals surface area contributed by atoms with E-state index in [0.29, 0.717) is 24.2 Å². The number of benzene rings is 2. The predicted molar refractivity (Wildman–Crippen MR) is 87.5 cm³/mol. The minimum Gasteiger partial charge on any atom is -0.486 e. The smallest absolute Gasteiger partial charge is 0.287 e. The quantitative estimate of drug-likeness (QED) is 0.777. The number of ether oxygens (including phenoxy) is 1. The summed E-state index contributed by atoms with van der Waals surface area (Å²) < 4.78 is 11.3. The van der Waals surface area contributed by atoms with Crippen LogP contribution < -0.4 is 10.1 Å². The van der Waals surface area contributed by atoms with Gasteiger partial charge in [-0.15, -0.1) is 0 Å². The third-order valence-electron chi connectivity index (χ3n) is 3.90. The van der Waals surface area contributed by atoms with Gasteiger partial charge in [0, 0.05) is 6.04 Å². The molecule has 0 bridgehead atoms. The number of nitrogens with one attached hydrogen (secondary N) is 1. The molecule has 4 heteroatoms. The van der Waals surface area contributed by atoms with Crippen LogP contribution in [0.25, 0.3) is 10.8 Å². The predicted octanol–water partition coefficient (Wildman–Crippen LogP) is 3.90. The first-order valence-corrected chi connectivity index (χ1v) is 7.79. The lowest BCUT2D eigenvalue weighted by molar-refractivity contribution is 0.0919. The molecule has 1 aliphatic rings. The first-order valence-electron chi connectivity index (χ1n) is 7.79. The highest BCUT2D eigenvalue weighted by Crippen LogP contribution is 2.22. The summed E-state index contributed by atoms with van der Waals surface area (Å²) in [6.07, 6.45) is 2.12. The Balaban J connectivity index is 1.41. The van der Waals surface area contributed by atoms with Crippen LogP contribution in [0.5, 0.6) is 5.75 Å². The van der Waals surface area contributed by atoms with Crippen molar-refractivity contribution in [2.24, 2.45) is 0 Å². The van der Waals surface area contributed by atoms with Crippen LogP contribution in [0.2, 0.25) is 0 Å². The van der Waals surface area contributed by atoms with Gasteiger partial charge in [-0.3, -0.25) is 4.79 Å². The summed E-state index contributed by atoms with van der Waals surface area (Å²) >= 11 is 0. The number of rotatable bonds is 5. The molecule has 3 aromatic rings. The molecule has 1 heterocycles. The Bertz CT molecular complexity index is 848. The molecule has 0 saturated heterocycles. The van der Waals surface area contributed by atoms with Gasteiger partial charge >= 0.3 is 0 Å². The number of furan rings is 1. The molecule has 1 saturated carbocycles. The van der Waals surface area contributed by atoms with Gasteiger partial charge in [0.15, 0.2) is 5.76 Å². The molecule has 0 aliphatic heterocycles. The molecule has 0 radical (unpaired) electrons. The maximum atomic E-state index is 11.9. The van der Waals surface area contributed by atoms with Gasteiger partial charge in [0.05, 0.1) is 0 Å². The van der Waals surface area contributed by atoms with E-state index in [1.165, 1.54) is 5.39 Å². The molecule has 1 amide bonds. The summed E-state index contributed by atoms with van der Waals surface area (Å²) in [7, 11) is 0. The fourth-order valence-electron chi connectivity index (χ4n) is 2.47. The fraction of sp³-hybridized carbons (Fsp3) is 0.211. The maximum absolute atomic E-state index is 11.9. The van der Waals surface area contributed by atoms with Gasteiger partial charge in [-0.2, -0.15) is 0 Å². The number of hydrogen-bond acceptors (Lipinski definition) is 3. The molecule has 0 unspecified atom stereocenters. The second kappa shape index (κ2) is 5.80. The number of hydrogen-bond donors (Lipinski definition) is 1. The lowest BCUT2D eigenvalue weighted by Crippen LogP contribution is -2.24. The molecule has 0 atom stereocenters. The molecule has 116 valence electrons. The number of carbonyl (C=O) groups excluding carboxylic acids is 1. The van der Waals surface area contributed by atoms with E-state index in [-0.39, 0.29) is 5.91 Å². The Labute approximate surface area is 134 Å². The number of fused-ring (bicyclic) bond motifs is 1. The average molecular weight is 307 g/mol. The van der Waals surface area contributed by atoms with Gasteiger partial charge < -0.3 is 14.5 Å². The SMILES string of the molecule is O=C(NC1CC1)c1ccc(COc2ccc3ccccc3c2)o1. The summed E-state index contributed by atoms with van der Waals surface area (Å²) in [6, 6.07) is 17.9. The Morgan fingerprint density at radius 1 is 1.09 bits per heavy atom. The largest absolute Gasteiger partial charge is 0.486 e. The van der Waals surface area contributed by atoms with Crippen molar-refractivity contribution < 1.29 is 13.9 Å². The Morgan fingerprint density at radius 3 is 2.74 bits per heavy atom. The third kappa shape index (κ3) is 3.21. The van der Waals surface area contributed by atoms with Crippen molar-refractivity contribution >= 4 is 16.7 Å². The summed E-state index contributed by atoms with van der Waals surface area (Å²) in [5.74, 6) is 1.61. The van der Waals surface area contributed by atoms with E-state index in [2.05, 4.69) is 17.4 Å². The van der Waals surface area contributed by atoms with E-state index in [1.54, 1.807) is 12.1 Å². The highest BCUT2D eigenvalue weighted by molar-refractivity contribution is 5.91. The normalized spacial score (nSPS) is 13.9. The lowest BCUT2D eigenvalue weighted by Gasteiger charge is -2.06. The van der Waals surface area contributed by atoms with Crippen molar-refractivity contribution in [2.75, 3.05) is 0 Å². The van der Waals surface area contributed by atoms with Crippen LogP contribution >= 0.6 is 0 Å². The van der Waals surface area contributed by atoms with E-state index in [9.17, 15) is 4.79 Å². The summed E-state index contributed by atoms with van der Waals surface area (Å²) in [6.45, 7) is 0.301. The minimum atomic E-state index is -0.149. The highest BCUT2D eigenvalue weighted by Gasteiger charge is 2.25. The van der Waals surface area contributed by atoms with Crippen LogP contribution in [-0.4, -0.2) is 11.9 Å². The van der Waals surface area contributed by atoms with E-state index < -0.39 is 0 Å². The van der Waals surface area contributed by atoms with Crippen LogP contribution in [0.4, 0.5) is 0 Å². The van der Waals surface area contributed by atoms with Gasteiger partial charge in [0.25, 0.3) is 5.91 Å². The fourth-order valence-corrected chi connectivity index (χ4v) is 2.47. The van der Waals surface area contributed by atoms with Crippen molar-refractivity contribution in [1.82, 2.24) is 5.32 Å². The van der Waals surface area contributed by atoms with Crippen LogP contribution in [-0.2, 0) is 6.61 Å². The minimum absolute atomic E-state index is 0.149. The first kappa shape index (κ1) is 13.9. The standard InChI is InChI=1S/C19H17NO3/c21-19(20-15-6-7-15)18-10-9-17(23-18)12-22-16-8-5-13-3-1-2-4-14(13)11-16/h1-5,8-11,15H,6-7,12H2,(H,20,21). The van der Waals surface area contributed by atoms with Crippen LogP contribution in [0.3, 0.4) is 0 Å². The molecular formula is C19H17NO3. The molecule has 2 aromatic carbocycles. The van der Waals surface area contributed by atoms with Crippen LogP contribution in [0, 0.1) is 0 Å². The number of carbonyl (C=O) groups is 1. The Hall–Kier alpha value is -2.75. The van der Waals surface area contributed by atoms with E-state index in [1.807, 2.05) is 30.3 Å². The van der Waals surface area contributed by atoms with Crippen molar-refractivity contribution in [3.63, 3.8) is 0 Å². The molecule has 1 fully saturated rings. The molecule has 4 rings (SSSR count). The zero-order valence-electron chi connectivity index (χ0n) is 12.6. The summed E-state index contributed by atoms with van der Waals surface area (Å²) in [5.41, 5.74) is 0. The third-order valence-corrected chi connectivity index (χ3v) is 3.90. The topological polar surface area (TPSA) is 51.5 Å². The monoisotopic (exact) mass is 307 g/mol. The average Bonchev–Trinajstić information content (AvgIpc) is 3.26. The molecule has 1 aliphatic carbocycles. The van der Waals surface area contributed by atoms with Crippen LogP contribution in [0.1, 0.15) is 29.2 Å². The maximum Gasteiger partial charge on any atom is 0.287 e. The molecular weight excluding hydrogens is 290 g/mol. The lowest BCUT2D eigenvalue weighted by atomic mass is 10.1. The second-order valence-corrected chi connectivity index (χ2v) is 5.81. The van der Waals surface area contributed by atoms with E-state index in [4.69, 9.17) is 9.15 Å². The molecule has 0 spiro atoms. The zero-order chi connectivity index (χ0) is 15.6. The van der Waals surface area contributed by atoms with Gasteiger partial charge in [-0.05, 0) is 47.9 Å². The molecule has 4 nitrogen and oxygen atoms in total. The second-order valence-electron chi connectivity index (χ2n) is 5.81. The number of amides is 1. The van der Waals surface area contributed by atoms with Crippen molar-refractivity contribution in [2.45, 2.75) is 25.5 Å². The molecule has 23 heavy (non-hydrogen) atoms.